The molecule has 13 heteroatoms. The first kappa shape index (κ1) is 20.4. The normalized spacial score (nSPS) is 11.8. The summed E-state index contributed by atoms with van der Waals surface area (Å²) in [5.74, 6) is 0. The summed E-state index contributed by atoms with van der Waals surface area (Å²) in [5.41, 5.74) is -0.0782. The third-order valence-corrected chi connectivity index (χ3v) is 5.87. The van der Waals surface area contributed by atoms with E-state index in [0.29, 0.717) is 11.8 Å². The maximum absolute atomic E-state index is 12.1. The van der Waals surface area contributed by atoms with Crippen LogP contribution in [0.2, 0.25) is 10.0 Å². The Labute approximate surface area is 159 Å². The number of nitrogens with two attached hydrogens (primary N) is 2. The zero-order valence-corrected chi connectivity index (χ0v) is 15.9. The van der Waals surface area contributed by atoms with Crippen LogP contribution in [0.5, 0.6) is 0 Å². The van der Waals surface area contributed by atoms with Gasteiger partial charge in [0.25, 0.3) is 0 Å². The smallest absolute Gasteiger partial charge is 0.308 e. The largest absolute Gasteiger partial charge is 0.323 e. The minimum atomic E-state index is -4.48. The third kappa shape index (κ3) is 4.63. The second-order valence-electron chi connectivity index (χ2n) is 4.91. The van der Waals surface area contributed by atoms with Gasteiger partial charge in [0, 0.05) is 5.69 Å². The predicted octanol–water partition coefficient (Wildman–Crippen LogP) is 1.93. The highest BCUT2D eigenvalue weighted by Gasteiger charge is 2.27. The van der Waals surface area contributed by atoms with Crippen molar-refractivity contribution in [2.75, 3.05) is 10.6 Å². The van der Waals surface area contributed by atoms with E-state index in [0.717, 1.165) is 0 Å². The maximum atomic E-state index is 12.1. The number of hydrogen-bond acceptors (Lipinski definition) is 5. The van der Waals surface area contributed by atoms with Crippen molar-refractivity contribution in [1.82, 2.24) is 0 Å². The van der Waals surface area contributed by atoms with Gasteiger partial charge in [0.1, 0.15) is 9.79 Å². The molecule has 26 heavy (non-hydrogen) atoms. The van der Waals surface area contributed by atoms with Crippen molar-refractivity contribution in [2.45, 2.75) is 9.79 Å². The number of benzene rings is 2. The number of sulfonamides is 2. The first-order chi connectivity index (χ1) is 11.9. The Hall–Kier alpha value is -1.89. The molecule has 0 atom stereocenters. The summed E-state index contributed by atoms with van der Waals surface area (Å²) in [4.78, 5) is 10.6. The Bertz CT molecular complexity index is 1070. The van der Waals surface area contributed by atoms with E-state index in [1.807, 2.05) is 0 Å². The molecule has 2 aromatic rings. The summed E-state index contributed by atoms with van der Waals surface area (Å²) in [6.45, 7) is 0. The average Bonchev–Trinajstić information content (AvgIpc) is 2.50. The van der Waals surface area contributed by atoms with E-state index in [4.69, 9.17) is 33.5 Å². The van der Waals surface area contributed by atoms with Crippen molar-refractivity contribution in [3.63, 3.8) is 0 Å². The molecule has 9 nitrogen and oxygen atoms in total. The summed E-state index contributed by atoms with van der Waals surface area (Å²) in [6.07, 6.45) is 0. The van der Waals surface area contributed by atoms with Gasteiger partial charge < -0.3 is 10.6 Å². The van der Waals surface area contributed by atoms with Gasteiger partial charge in [0.05, 0.1) is 15.7 Å². The van der Waals surface area contributed by atoms with E-state index in [9.17, 15) is 21.6 Å². The van der Waals surface area contributed by atoms with Gasteiger partial charge in [-0.25, -0.2) is 31.9 Å². The number of urea groups is 1. The van der Waals surface area contributed by atoms with Crippen LogP contribution in [0.25, 0.3) is 0 Å². The molecule has 2 amide bonds. The molecule has 0 aliphatic rings. The van der Waals surface area contributed by atoms with E-state index in [1.165, 1.54) is 0 Å². The molecule has 0 saturated heterocycles. The van der Waals surface area contributed by atoms with Crippen LogP contribution in [0.4, 0.5) is 16.2 Å². The Morgan fingerprint density at radius 2 is 1.38 bits per heavy atom. The number of nitrogens with one attached hydrogen (secondary N) is 2. The molecule has 2 aromatic carbocycles. The molecule has 0 bridgehead atoms. The Kier molecular flexibility index (Phi) is 5.80. The van der Waals surface area contributed by atoms with E-state index in [-0.39, 0.29) is 0 Å². The number of anilines is 2. The summed E-state index contributed by atoms with van der Waals surface area (Å²) in [7, 11) is -8.88. The quantitative estimate of drug-likeness (QED) is 0.572. The minimum absolute atomic E-state index is 0.408. The monoisotopic (exact) mass is 438 g/mol. The second-order valence-corrected chi connectivity index (χ2v) is 8.73. The van der Waals surface area contributed by atoms with Crippen molar-refractivity contribution < 1.29 is 21.6 Å². The van der Waals surface area contributed by atoms with Crippen LogP contribution < -0.4 is 20.9 Å². The highest BCUT2D eigenvalue weighted by molar-refractivity contribution is 7.90. The molecule has 0 fully saturated rings. The molecule has 0 spiro atoms. The number of carbonyl (C=O) groups excluding carboxylic acids is 1. The molecule has 0 aromatic heterocycles. The van der Waals surface area contributed by atoms with Crippen molar-refractivity contribution in [1.29, 1.82) is 0 Å². The zero-order chi connectivity index (χ0) is 19.7. The van der Waals surface area contributed by atoms with Crippen LogP contribution in [-0.2, 0) is 20.0 Å². The van der Waals surface area contributed by atoms with Crippen molar-refractivity contribution in [2.24, 2.45) is 10.3 Å². The van der Waals surface area contributed by atoms with Gasteiger partial charge in [0.15, 0.2) is 0 Å². The molecule has 0 aliphatic carbocycles. The van der Waals surface area contributed by atoms with Crippen LogP contribution in [0.3, 0.4) is 0 Å². The number of amides is 2. The molecular weight excluding hydrogens is 427 g/mol. The number of para-hydroxylation sites is 1. The fraction of sp³-hybridized carbons (Fsp3) is 0. The van der Waals surface area contributed by atoms with Crippen molar-refractivity contribution in [3.8, 4) is 0 Å². The number of carbonyl (C=O) groups is 1. The predicted molar refractivity (Wildman–Crippen MR) is 98.3 cm³/mol. The van der Waals surface area contributed by atoms with E-state index in [1.54, 1.807) is 30.3 Å². The second kappa shape index (κ2) is 7.39. The van der Waals surface area contributed by atoms with Crippen LogP contribution in [0.1, 0.15) is 0 Å². The van der Waals surface area contributed by atoms with E-state index in [2.05, 4.69) is 10.6 Å². The van der Waals surface area contributed by atoms with Crippen LogP contribution in [0, 0.1) is 0 Å². The molecule has 0 aliphatic heterocycles. The first-order valence-corrected chi connectivity index (χ1v) is 10.5. The lowest BCUT2D eigenvalue weighted by molar-refractivity contribution is 0.262. The highest BCUT2D eigenvalue weighted by Crippen LogP contribution is 2.39. The standard InChI is InChI=1S/C13H12Cl2N4O5S2/c14-10-8(25(16,21)22)6-9(26(17,23)24)12(11(10)15)19-13(20)18-7-4-2-1-3-5-7/h1-6H,(H2,16,21,22)(H2,17,23,24)(H2,18,19,20). The first-order valence-electron chi connectivity index (χ1n) is 6.62. The molecule has 140 valence electrons. The zero-order valence-electron chi connectivity index (χ0n) is 12.7. The van der Waals surface area contributed by atoms with Gasteiger partial charge in [-0.3, -0.25) is 0 Å². The molecule has 0 unspecified atom stereocenters. The van der Waals surface area contributed by atoms with Crippen LogP contribution in [-0.4, -0.2) is 22.9 Å². The van der Waals surface area contributed by atoms with Gasteiger partial charge in [-0.15, -0.1) is 0 Å². The Morgan fingerprint density at radius 3 is 1.88 bits per heavy atom. The fourth-order valence-corrected chi connectivity index (χ4v) is 4.19. The van der Waals surface area contributed by atoms with Crippen LogP contribution in [0.15, 0.2) is 46.2 Å². The van der Waals surface area contributed by atoms with Gasteiger partial charge in [-0.1, -0.05) is 41.4 Å². The summed E-state index contributed by atoms with van der Waals surface area (Å²) in [6, 6.07) is 7.98. The molecule has 6 N–H and O–H groups in total. The maximum Gasteiger partial charge on any atom is 0.323 e. The number of rotatable bonds is 4. The Morgan fingerprint density at radius 1 is 0.846 bits per heavy atom. The fourth-order valence-electron chi connectivity index (χ4n) is 1.93. The SMILES string of the molecule is NS(=O)(=O)c1cc(S(N)(=O)=O)c(NC(=O)Nc2ccccc2)c(Cl)c1Cl. The minimum Gasteiger partial charge on any atom is -0.308 e. The lowest BCUT2D eigenvalue weighted by atomic mass is 10.3. The van der Waals surface area contributed by atoms with Gasteiger partial charge in [-0.05, 0) is 18.2 Å². The average molecular weight is 439 g/mol. The van der Waals surface area contributed by atoms with E-state index >= 15 is 0 Å². The van der Waals surface area contributed by atoms with Gasteiger partial charge in [-0.2, -0.15) is 0 Å². The summed E-state index contributed by atoms with van der Waals surface area (Å²) < 4.78 is 46.7. The number of primary sulfonamides is 2. The van der Waals surface area contributed by atoms with Crippen LogP contribution >= 0.6 is 23.2 Å². The third-order valence-electron chi connectivity index (χ3n) is 3.02. The molecular formula is C13H12Cl2N4O5S2. The van der Waals surface area contributed by atoms with Gasteiger partial charge >= 0.3 is 6.03 Å². The summed E-state index contributed by atoms with van der Waals surface area (Å²) in [5, 5.41) is 13.6. The molecule has 0 saturated carbocycles. The lowest BCUT2D eigenvalue weighted by Gasteiger charge is -2.15. The molecule has 0 radical (unpaired) electrons. The molecule has 2 rings (SSSR count). The topological polar surface area (TPSA) is 161 Å². The lowest BCUT2D eigenvalue weighted by Crippen LogP contribution is -2.24. The molecule has 0 heterocycles. The number of halogens is 2. The highest BCUT2D eigenvalue weighted by atomic mass is 35.5. The Balaban J connectivity index is 2.54. The van der Waals surface area contributed by atoms with E-state index < -0.39 is 51.6 Å². The van der Waals surface area contributed by atoms with Crippen molar-refractivity contribution >= 4 is 60.7 Å². The van der Waals surface area contributed by atoms with Gasteiger partial charge in [0.2, 0.25) is 20.0 Å². The number of hydrogen-bond donors (Lipinski definition) is 4. The summed E-state index contributed by atoms with van der Waals surface area (Å²) >= 11 is 11.8. The van der Waals surface area contributed by atoms with Crippen molar-refractivity contribution in [3.05, 3.63) is 46.4 Å².